The Morgan fingerprint density at radius 2 is 1.72 bits per heavy atom. The minimum absolute atomic E-state index is 0.0665. The summed E-state index contributed by atoms with van der Waals surface area (Å²) in [6, 6.07) is 8.20. The number of hydrogen-bond acceptors (Lipinski definition) is 5. The van der Waals surface area contributed by atoms with Gasteiger partial charge in [-0.2, -0.15) is 4.31 Å². The first-order valence-electron chi connectivity index (χ1n) is 11.4. The van der Waals surface area contributed by atoms with Crippen LogP contribution in [0.1, 0.15) is 61.1 Å². The predicted molar refractivity (Wildman–Crippen MR) is 123 cm³/mol. The van der Waals surface area contributed by atoms with E-state index < -0.39 is 10.0 Å². The van der Waals surface area contributed by atoms with Crippen LogP contribution in [0, 0.1) is 19.8 Å². The number of hydrogen-bond donors (Lipinski definition) is 1. The summed E-state index contributed by atoms with van der Waals surface area (Å²) < 4.78 is 33.6. The van der Waals surface area contributed by atoms with Gasteiger partial charge in [0, 0.05) is 25.0 Å². The molecule has 2 fully saturated rings. The molecule has 0 bridgehead atoms. The molecule has 0 radical (unpaired) electrons. The summed E-state index contributed by atoms with van der Waals surface area (Å²) in [7, 11) is -3.77. The maximum absolute atomic E-state index is 13.4. The van der Waals surface area contributed by atoms with Gasteiger partial charge < -0.3 is 9.84 Å². The van der Waals surface area contributed by atoms with Gasteiger partial charge in [0.05, 0.1) is 0 Å². The quantitative estimate of drug-likeness (QED) is 0.710. The largest absolute Gasteiger partial charge is 0.355 e. The molecule has 1 aromatic carbocycles. The summed E-state index contributed by atoms with van der Waals surface area (Å²) in [6.45, 7) is 4.29. The van der Waals surface area contributed by atoms with Gasteiger partial charge in [0.25, 0.3) is 0 Å². The van der Waals surface area contributed by atoms with Crippen molar-refractivity contribution in [1.29, 1.82) is 0 Å². The standard InChI is InChI=1S/C24H31N3O4S/c1-17-7-9-19(10-8-17)11-12-22-23(18(2)26-31-22)32(29,30)27-15-13-20(14-16-27)24(28)25-21-5-3-4-6-21/h7-12,20-21H,3-6,13-16H2,1-2H3,(H,25,28). The van der Waals surface area contributed by atoms with E-state index in [-0.39, 0.29) is 28.5 Å². The van der Waals surface area contributed by atoms with Crippen LogP contribution in [0.25, 0.3) is 12.2 Å². The molecule has 172 valence electrons. The van der Waals surface area contributed by atoms with Gasteiger partial charge in [-0.3, -0.25) is 4.79 Å². The van der Waals surface area contributed by atoms with E-state index in [2.05, 4.69) is 10.5 Å². The van der Waals surface area contributed by atoms with E-state index in [0.717, 1.165) is 24.0 Å². The van der Waals surface area contributed by atoms with Crippen molar-refractivity contribution < 1.29 is 17.7 Å². The average Bonchev–Trinajstić information content (AvgIpc) is 3.43. The smallest absolute Gasteiger partial charge is 0.248 e. The normalized spacial score (nSPS) is 19.1. The molecule has 1 aliphatic carbocycles. The van der Waals surface area contributed by atoms with Gasteiger partial charge in [-0.1, -0.05) is 53.9 Å². The number of benzene rings is 1. The third-order valence-corrected chi connectivity index (χ3v) is 8.52. The molecule has 7 nitrogen and oxygen atoms in total. The van der Waals surface area contributed by atoms with Crippen LogP contribution in [0.15, 0.2) is 33.7 Å². The molecule has 1 saturated carbocycles. The highest BCUT2D eigenvalue weighted by Gasteiger charge is 2.36. The van der Waals surface area contributed by atoms with Crippen LogP contribution >= 0.6 is 0 Å². The second kappa shape index (κ2) is 9.58. The lowest BCUT2D eigenvalue weighted by Gasteiger charge is -2.31. The van der Waals surface area contributed by atoms with Crippen molar-refractivity contribution >= 4 is 28.1 Å². The van der Waals surface area contributed by atoms with Crippen molar-refractivity contribution in [3.8, 4) is 0 Å². The minimum atomic E-state index is -3.77. The molecule has 2 aromatic rings. The fraction of sp³-hybridized carbons (Fsp3) is 0.500. The zero-order chi connectivity index (χ0) is 22.7. The summed E-state index contributed by atoms with van der Waals surface area (Å²) in [4.78, 5) is 12.7. The van der Waals surface area contributed by atoms with Gasteiger partial charge >= 0.3 is 0 Å². The maximum atomic E-state index is 13.4. The molecular weight excluding hydrogens is 426 g/mol. The third-order valence-electron chi connectivity index (χ3n) is 6.46. The van der Waals surface area contributed by atoms with E-state index in [9.17, 15) is 13.2 Å². The minimum Gasteiger partial charge on any atom is -0.355 e. The molecule has 2 aliphatic rings. The SMILES string of the molecule is Cc1ccc(C=Cc2onc(C)c2S(=O)(=O)N2CCC(C(=O)NC3CCCC3)CC2)cc1. The van der Waals surface area contributed by atoms with Crippen molar-refractivity contribution in [3.63, 3.8) is 0 Å². The highest BCUT2D eigenvalue weighted by molar-refractivity contribution is 7.89. The Balaban J connectivity index is 1.44. The lowest BCUT2D eigenvalue weighted by molar-refractivity contribution is -0.126. The zero-order valence-electron chi connectivity index (χ0n) is 18.7. The van der Waals surface area contributed by atoms with Gasteiger partial charge in [-0.25, -0.2) is 8.42 Å². The monoisotopic (exact) mass is 457 g/mol. The summed E-state index contributed by atoms with van der Waals surface area (Å²) in [5, 5.41) is 7.05. The van der Waals surface area contributed by atoms with Crippen LogP contribution < -0.4 is 5.32 Å². The number of sulfonamides is 1. The molecular formula is C24H31N3O4S. The Bertz CT molecular complexity index is 1070. The van der Waals surface area contributed by atoms with E-state index in [1.165, 1.54) is 17.1 Å². The highest BCUT2D eigenvalue weighted by atomic mass is 32.2. The van der Waals surface area contributed by atoms with Crippen LogP contribution in [0.4, 0.5) is 0 Å². The molecule has 8 heteroatoms. The van der Waals surface area contributed by atoms with E-state index in [0.29, 0.717) is 31.6 Å². The number of nitrogens with one attached hydrogen (secondary N) is 1. The van der Waals surface area contributed by atoms with Crippen molar-refractivity contribution in [2.75, 3.05) is 13.1 Å². The van der Waals surface area contributed by atoms with Gasteiger partial charge in [0.2, 0.25) is 15.9 Å². The number of carbonyl (C=O) groups is 1. The number of aromatic nitrogens is 1. The number of aryl methyl sites for hydroxylation is 2. The van der Waals surface area contributed by atoms with Crippen LogP contribution in [0.5, 0.6) is 0 Å². The molecule has 32 heavy (non-hydrogen) atoms. The molecule has 1 amide bonds. The molecule has 0 spiro atoms. The third kappa shape index (κ3) is 4.96. The van der Waals surface area contributed by atoms with Crippen LogP contribution in [-0.4, -0.2) is 42.9 Å². The number of nitrogens with zero attached hydrogens (tertiary/aromatic N) is 2. The first-order chi connectivity index (χ1) is 15.3. The molecule has 4 rings (SSSR count). The van der Waals surface area contributed by atoms with Crippen molar-refractivity contribution in [2.45, 2.75) is 63.3 Å². The number of amides is 1. The first kappa shape index (κ1) is 22.7. The van der Waals surface area contributed by atoms with Crippen molar-refractivity contribution in [3.05, 3.63) is 46.8 Å². The van der Waals surface area contributed by atoms with E-state index in [4.69, 9.17) is 4.52 Å². The van der Waals surface area contributed by atoms with E-state index >= 15 is 0 Å². The fourth-order valence-electron chi connectivity index (χ4n) is 4.52. The van der Waals surface area contributed by atoms with Gasteiger partial charge in [0.1, 0.15) is 5.69 Å². The Kier molecular flexibility index (Phi) is 6.81. The highest BCUT2D eigenvalue weighted by Crippen LogP contribution is 2.29. The number of rotatable bonds is 6. The van der Waals surface area contributed by atoms with Gasteiger partial charge in [0.15, 0.2) is 10.7 Å². The Morgan fingerprint density at radius 3 is 2.38 bits per heavy atom. The van der Waals surface area contributed by atoms with Crippen LogP contribution in [0.2, 0.25) is 0 Å². The molecule has 0 unspecified atom stereocenters. The predicted octanol–water partition coefficient (Wildman–Crippen LogP) is 3.92. The lowest BCUT2D eigenvalue weighted by atomic mass is 9.97. The molecule has 2 heterocycles. The topological polar surface area (TPSA) is 92.5 Å². The summed E-state index contributed by atoms with van der Waals surface area (Å²) >= 11 is 0. The Labute approximate surface area is 189 Å². The first-order valence-corrected chi connectivity index (χ1v) is 12.8. The molecule has 1 aliphatic heterocycles. The number of piperidine rings is 1. The van der Waals surface area contributed by atoms with E-state index in [1.54, 1.807) is 13.0 Å². The molecule has 1 aromatic heterocycles. The zero-order valence-corrected chi connectivity index (χ0v) is 19.5. The van der Waals surface area contributed by atoms with Gasteiger partial charge in [-0.15, -0.1) is 0 Å². The second-order valence-electron chi connectivity index (χ2n) is 8.87. The summed E-state index contributed by atoms with van der Waals surface area (Å²) in [6.07, 6.45) is 8.95. The van der Waals surface area contributed by atoms with Crippen molar-refractivity contribution in [1.82, 2.24) is 14.8 Å². The molecule has 1 saturated heterocycles. The average molecular weight is 458 g/mol. The molecule has 1 N–H and O–H groups in total. The fourth-order valence-corrected chi connectivity index (χ4v) is 6.24. The second-order valence-corrected chi connectivity index (χ2v) is 10.7. The number of carbonyl (C=O) groups excluding carboxylic acids is 1. The van der Waals surface area contributed by atoms with Crippen LogP contribution in [0.3, 0.4) is 0 Å². The van der Waals surface area contributed by atoms with Crippen LogP contribution in [-0.2, 0) is 14.8 Å². The molecule has 0 atom stereocenters. The maximum Gasteiger partial charge on any atom is 0.248 e. The van der Waals surface area contributed by atoms with Gasteiger partial charge in [-0.05, 0) is 51.2 Å². The Hall–Kier alpha value is -2.45. The lowest BCUT2D eigenvalue weighted by Crippen LogP contribution is -2.45. The van der Waals surface area contributed by atoms with Crippen molar-refractivity contribution in [2.24, 2.45) is 5.92 Å². The Morgan fingerprint density at radius 1 is 1.06 bits per heavy atom. The summed E-state index contributed by atoms with van der Waals surface area (Å²) in [5.74, 6) is 0.160. The summed E-state index contributed by atoms with van der Waals surface area (Å²) in [5.41, 5.74) is 2.44. The van der Waals surface area contributed by atoms with E-state index in [1.807, 2.05) is 37.3 Å².